The molecule has 0 aliphatic carbocycles. The number of carbonyl (C=O) groups is 1. The summed E-state index contributed by atoms with van der Waals surface area (Å²) in [4.78, 5) is 21.7. The van der Waals surface area contributed by atoms with Crippen LogP contribution in [0.3, 0.4) is 0 Å². The number of nitrogens with one attached hydrogen (secondary N) is 1. The van der Waals surface area contributed by atoms with Gasteiger partial charge < -0.3 is 15.2 Å². The Morgan fingerprint density at radius 3 is 2.48 bits per heavy atom. The Balaban J connectivity index is 2.10. The van der Waals surface area contributed by atoms with Gasteiger partial charge in [-0.1, -0.05) is 24.3 Å². The molecule has 7 nitrogen and oxygen atoms in total. The highest BCUT2D eigenvalue weighted by atomic mass is 16.6. The number of anilines is 2. The lowest BCUT2D eigenvalue weighted by Crippen LogP contribution is -2.04. The van der Waals surface area contributed by atoms with Crippen molar-refractivity contribution >= 4 is 33.8 Å². The maximum absolute atomic E-state index is 11.5. The Kier molecular flexibility index (Phi) is 4.21. The summed E-state index contributed by atoms with van der Waals surface area (Å²) in [5.74, 6) is -0.549. The molecule has 25 heavy (non-hydrogen) atoms. The Bertz CT molecular complexity index is 984. The second-order valence-corrected chi connectivity index (χ2v) is 5.28. The summed E-state index contributed by atoms with van der Waals surface area (Å²) in [5, 5.41) is 25.0. The van der Waals surface area contributed by atoms with Crippen molar-refractivity contribution in [2.24, 2.45) is 0 Å². The number of carboxylic acid groups (broad SMARTS) is 1. The van der Waals surface area contributed by atoms with Gasteiger partial charge in [0.15, 0.2) is 0 Å². The van der Waals surface area contributed by atoms with Crippen molar-refractivity contribution < 1.29 is 19.6 Å². The number of fused-ring (bicyclic) bond motifs is 1. The van der Waals surface area contributed by atoms with Crippen LogP contribution in [0.15, 0.2) is 54.6 Å². The van der Waals surface area contributed by atoms with Crippen LogP contribution in [0.1, 0.15) is 10.4 Å². The van der Waals surface area contributed by atoms with Crippen molar-refractivity contribution in [2.45, 2.75) is 0 Å². The molecule has 0 aliphatic rings. The van der Waals surface area contributed by atoms with E-state index in [1.807, 2.05) is 30.3 Å². The van der Waals surface area contributed by atoms with Crippen molar-refractivity contribution in [3.8, 4) is 5.75 Å². The van der Waals surface area contributed by atoms with E-state index in [0.717, 1.165) is 16.8 Å². The van der Waals surface area contributed by atoms with E-state index < -0.39 is 10.9 Å². The molecular weight excluding hydrogens is 324 g/mol. The van der Waals surface area contributed by atoms with Gasteiger partial charge in [-0.3, -0.25) is 10.1 Å². The van der Waals surface area contributed by atoms with Gasteiger partial charge in [0.25, 0.3) is 5.69 Å². The topological polar surface area (TPSA) is 102 Å². The van der Waals surface area contributed by atoms with Gasteiger partial charge in [-0.05, 0) is 18.2 Å². The fraction of sp³-hybridized carbons (Fsp3) is 0.0556. The number of aromatic carboxylic acids is 1. The van der Waals surface area contributed by atoms with Gasteiger partial charge in [0.05, 0.1) is 23.3 Å². The van der Waals surface area contributed by atoms with E-state index in [1.54, 1.807) is 13.2 Å². The van der Waals surface area contributed by atoms with Gasteiger partial charge in [-0.15, -0.1) is 0 Å². The van der Waals surface area contributed by atoms with Crippen LogP contribution in [0.2, 0.25) is 0 Å². The lowest BCUT2D eigenvalue weighted by Gasteiger charge is -2.13. The molecule has 2 N–H and O–H groups in total. The molecule has 0 saturated carbocycles. The fourth-order valence-electron chi connectivity index (χ4n) is 2.64. The van der Waals surface area contributed by atoms with Gasteiger partial charge in [-0.2, -0.15) is 0 Å². The highest BCUT2D eigenvalue weighted by Crippen LogP contribution is 2.33. The monoisotopic (exact) mass is 338 g/mol. The molecule has 0 heterocycles. The summed E-state index contributed by atoms with van der Waals surface area (Å²) in [6.45, 7) is 0. The molecule has 0 amide bonds. The molecule has 3 aromatic carbocycles. The highest BCUT2D eigenvalue weighted by molar-refractivity contribution is 6.01. The molecule has 126 valence electrons. The zero-order valence-corrected chi connectivity index (χ0v) is 13.2. The average molecular weight is 338 g/mol. The van der Waals surface area contributed by atoms with Crippen LogP contribution in [0.25, 0.3) is 10.8 Å². The molecule has 0 spiro atoms. The maximum atomic E-state index is 11.5. The molecular formula is C18H14N2O5. The molecule has 0 fully saturated rings. The minimum Gasteiger partial charge on any atom is -0.496 e. The number of non-ortho nitro benzene ring substituents is 1. The number of methoxy groups -OCH3 is 1. The SMILES string of the molecule is COc1cccc2c(Nc3ccc([N+](=O)[O-])cc3C(=O)O)cccc12. The molecule has 7 heteroatoms. The van der Waals surface area contributed by atoms with Crippen LogP contribution in [-0.4, -0.2) is 23.1 Å². The molecule has 0 radical (unpaired) electrons. The second-order valence-electron chi connectivity index (χ2n) is 5.28. The van der Waals surface area contributed by atoms with Crippen LogP contribution in [-0.2, 0) is 0 Å². The molecule has 0 aliphatic heterocycles. The zero-order chi connectivity index (χ0) is 18.0. The number of nitrogens with zero attached hydrogens (tertiary/aromatic N) is 1. The molecule has 0 saturated heterocycles. The fourth-order valence-corrected chi connectivity index (χ4v) is 2.64. The van der Waals surface area contributed by atoms with Crippen molar-refractivity contribution in [1.29, 1.82) is 0 Å². The van der Waals surface area contributed by atoms with Crippen LogP contribution < -0.4 is 10.1 Å². The van der Waals surface area contributed by atoms with E-state index >= 15 is 0 Å². The smallest absolute Gasteiger partial charge is 0.338 e. The summed E-state index contributed by atoms with van der Waals surface area (Å²) < 4.78 is 5.34. The van der Waals surface area contributed by atoms with Crippen LogP contribution in [0.4, 0.5) is 17.1 Å². The Morgan fingerprint density at radius 1 is 1.08 bits per heavy atom. The number of rotatable bonds is 5. The maximum Gasteiger partial charge on any atom is 0.338 e. The first-order valence-electron chi connectivity index (χ1n) is 7.35. The Labute approximate surface area is 142 Å². The van der Waals surface area contributed by atoms with Gasteiger partial charge in [0.1, 0.15) is 5.75 Å². The Hall–Kier alpha value is -3.61. The Morgan fingerprint density at radius 2 is 1.80 bits per heavy atom. The number of ether oxygens (including phenoxy) is 1. The van der Waals surface area contributed by atoms with E-state index in [2.05, 4.69) is 5.32 Å². The van der Waals surface area contributed by atoms with Crippen LogP contribution >= 0.6 is 0 Å². The number of hydrogen-bond donors (Lipinski definition) is 2. The lowest BCUT2D eigenvalue weighted by atomic mass is 10.1. The predicted molar refractivity (Wildman–Crippen MR) is 93.8 cm³/mol. The third-order valence-corrected chi connectivity index (χ3v) is 3.82. The van der Waals surface area contributed by atoms with E-state index in [4.69, 9.17) is 4.74 Å². The minimum atomic E-state index is -1.25. The van der Waals surface area contributed by atoms with Crippen molar-refractivity contribution in [1.82, 2.24) is 0 Å². The molecule has 0 unspecified atom stereocenters. The minimum absolute atomic E-state index is 0.172. The first-order valence-corrected chi connectivity index (χ1v) is 7.35. The number of benzene rings is 3. The van der Waals surface area contributed by atoms with Crippen molar-refractivity contribution in [2.75, 3.05) is 12.4 Å². The zero-order valence-electron chi connectivity index (χ0n) is 13.2. The van der Waals surface area contributed by atoms with Crippen LogP contribution in [0.5, 0.6) is 5.75 Å². The van der Waals surface area contributed by atoms with E-state index in [9.17, 15) is 20.0 Å². The van der Waals surface area contributed by atoms with E-state index in [1.165, 1.54) is 12.1 Å². The van der Waals surface area contributed by atoms with Gasteiger partial charge in [-0.25, -0.2) is 4.79 Å². The average Bonchev–Trinajstić information content (AvgIpc) is 2.61. The second kappa shape index (κ2) is 6.48. The van der Waals surface area contributed by atoms with E-state index in [0.29, 0.717) is 11.4 Å². The molecule has 3 aromatic rings. The van der Waals surface area contributed by atoms with Gasteiger partial charge in [0.2, 0.25) is 0 Å². The number of nitro benzene ring substituents is 1. The molecule has 0 atom stereocenters. The predicted octanol–water partition coefficient (Wildman–Crippen LogP) is 4.20. The largest absolute Gasteiger partial charge is 0.496 e. The van der Waals surface area contributed by atoms with Gasteiger partial charge >= 0.3 is 5.97 Å². The normalized spacial score (nSPS) is 10.4. The van der Waals surface area contributed by atoms with Crippen molar-refractivity contribution in [3.05, 3.63) is 70.3 Å². The highest BCUT2D eigenvalue weighted by Gasteiger charge is 2.17. The third kappa shape index (κ3) is 3.07. The number of carboxylic acids is 1. The summed E-state index contributed by atoms with van der Waals surface area (Å²) >= 11 is 0. The summed E-state index contributed by atoms with van der Waals surface area (Å²) in [6.07, 6.45) is 0. The molecule has 3 rings (SSSR count). The van der Waals surface area contributed by atoms with Crippen LogP contribution in [0, 0.1) is 10.1 Å². The standard InChI is InChI=1S/C18H14N2O5/c1-25-17-7-3-4-12-13(17)5-2-6-15(12)19-16-9-8-11(20(23)24)10-14(16)18(21)22/h2-10,19H,1H3,(H,21,22). The number of nitro groups is 1. The van der Waals surface area contributed by atoms with E-state index in [-0.39, 0.29) is 16.9 Å². The number of hydrogen-bond acceptors (Lipinski definition) is 5. The molecule has 0 aromatic heterocycles. The van der Waals surface area contributed by atoms with Crippen molar-refractivity contribution in [3.63, 3.8) is 0 Å². The quantitative estimate of drug-likeness (QED) is 0.534. The first kappa shape index (κ1) is 16.3. The molecule has 0 bridgehead atoms. The summed E-state index contributed by atoms with van der Waals surface area (Å²) in [6, 6.07) is 14.8. The summed E-state index contributed by atoms with van der Waals surface area (Å²) in [7, 11) is 1.58. The van der Waals surface area contributed by atoms with Gasteiger partial charge in [0, 0.05) is 28.6 Å². The summed E-state index contributed by atoms with van der Waals surface area (Å²) in [5.41, 5.74) is 0.498. The third-order valence-electron chi connectivity index (χ3n) is 3.82. The lowest BCUT2D eigenvalue weighted by molar-refractivity contribution is -0.384. The first-order chi connectivity index (χ1) is 12.0.